The monoisotopic (exact) mass is 413 g/mol. The van der Waals surface area contributed by atoms with Crippen LogP contribution in [0.3, 0.4) is 0 Å². The van der Waals surface area contributed by atoms with Gasteiger partial charge in [-0.1, -0.05) is 0 Å². The Balaban J connectivity index is 1.63. The van der Waals surface area contributed by atoms with E-state index >= 15 is 0 Å². The van der Waals surface area contributed by atoms with Crippen LogP contribution in [0.4, 0.5) is 5.82 Å². The number of nitrogen functional groups attached to an aromatic ring is 1. The Morgan fingerprint density at radius 2 is 2.05 bits per heavy atom. The maximum atomic E-state index is 6.17. The Kier molecular flexibility index (Phi) is 2.50. The van der Waals surface area contributed by atoms with Crippen LogP contribution in [0.25, 0.3) is 11.2 Å². The lowest BCUT2D eigenvalue weighted by Crippen LogP contribution is -2.30. The van der Waals surface area contributed by atoms with Crippen LogP contribution in [0, 0.1) is 15.7 Å². The van der Waals surface area contributed by atoms with Crippen molar-refractivity contribution in [3.63, 3.8) is 0 Å². The molecule has 22 heavy (non-hydrogen) atoms. The van der Waals surface area contributed by atoms with Crippen LogP contribution in [0.2, 0.25) is 0 Å². The predicted octanol–water partition coefficient (Wildman–Crippen LogP) is 1.72. The molecule has 2 saturated carbocycles. The van der Waals surface area contributed by atoms with Crippen LogP contribution in [-0.4, -0.2) is 37.5 Å². The molecule has 5 atom stereocenters. The average molecular weight is 413 g/mol. The van der Waals surface area contributed by atoms with E-state index in [1.165, 1.54) is 6.42 Å². The zero-order valence-corrected chi connectivity index (χ0v) is 14.4. The minimum atomic E-state index is -0.514. The fourth-order valence-electron chi connectivity index (χ4n) is 4.16. The van der Waals surface area contributed by atoms with Gasteiger partial charge < -0.3 is 19.8 Å². The second-order valence-corrected chi connectivity index (χ2v) is 7.79. The van der Waals surface area contributed by atoms with Gasteiger partial charge in [0.15, 0.2) is 21.1 Å². The third-order valence-corrected chi connectivity index (χ3v) is 5.48. The standard InChI is InChI=1S/C14H16IN5O2/c1-14(2)21-9-6-3-5(6)8(10(9)22-14)20-4-17-7-11(16)18-13(15)19-12(7)20/h4-6,8-10H,3H2,1-2H3,(H2,16,18,19)/t5-,6+,8+,9+,10-/m0/s1. The van der Waals surface area contributed by atoms with E-state index in [1.807, 2.05) is 20.2 Å². The fraction of sp³-hybridized carbons (Fsp3) is 0.643. The van der Waals surface area contributed by atoms with E-state index in [0.29, 0.717) is 27.0 Å². The maximum absolute atomic E-state index is 6.17. The summed E-state index contributed by atoms with van der Waals surface area (Å²) >= 11 is 2.08. The number of hydrogen-bond acceptors (Lipinski definition) is 6. The number of hydrogen-bond donors (Lipinski definition) is 1. The van der Waals surface area contributed by atoms with Crippen molar-refractivity contribution in [2.24, 2.45) is 11.8 Å². The summed E-state index contributed by atoms with van der Waals surface area (Å²) in [5, 5.41) is 0. The molecule has 1 saturated heterocycles. The van der Waals surface area contributed by atoms with Crippen molar-refractivity contribution < 1.29 is 9.47 Å². The lowest BCUT2D eigenvalue weighted by molar-refractivity contribution is -0.156. The zero-order valence-electron chi connectivity index (χ0n) is 12.2. The quantitative estimate of drug-likeness (QED) is 0.566. The summed E-state index contributed by atoms with van der Waals surface area (Å²) in [6, 6.07) is 0.215. The molecule has 5 rings (SSSR count). The number of imidazole rings is 1. The third kappa shape index (κ3) is 1.71. The number of nitrogens with two attached hydrogens (primary N) is 1. The SMILES string of the molecule is CC1(C)O[C@@H]2[C@@H]3C[C@@H]3[C@@H](n3cnc4c(N)nc(I)nc43)[C@@H]2O1. The van der Waals surface area contributed by atoms with Gasteiger partial charge in [-0.25, -0.2) is 15.0 Å². The van der Waals surface area contributed by atoms with Gasteiger partial charge in [0, 0.05) is 22.6 Å². The second kappa shape index (κ2) is 4.09. The first-order valence-corrected chi connectivity index (χ1v) is 8.54. The number of anilines is 1. The van der Waals surface area contributed by atoms with Gasteiger partial charge in [-0.3, -0.25) is 0 Å². The van der Waals surface area contributed by atoms with Crippen LogP contribution >= 0.6 is 22.6 Å². The lowest BCUT2D eigenvalue weighted by atomic mass is 10.1. The first-order chi connectivity index (χ1) is 10.4. The topological polar surface area (TPSA) is 88.1 Å². The van der Waals surface area contributed by atoms with Gasteiger partial charge in [0.25, 0.3) is 0 Å². The van der Waals surface area contributed by atoms with E-state index < -0.39 is 5.79 Å². The Morgan fingerprint density at radius 3 is 2.86 bits per heavy atom. The molecule has 7 nitrogen and oxygen atoms in total. The minimum Gasteiger partial charge on any atom is -0.382 e. The van der Waals surface area contributed by atoms with Gasteiger partial charge in [0.2, 0.25) is 0 Å². The summed E-state index contributed by atoms with van der Waals surface area (Å²) in [6.07, 6.45) is 3.25. The molecule has 0 radical (unpaired) electrons. The second-order valence-electron chi connectivity index (χ2n) is 6.82. The number of fused-ring (bicyclic) bond motifs is 4. The van der Waals surface area contributed by atoms with Crippen molar-refractivity contribution in [2.45, 2.75) is 44.3 Å². The molecule has 0 unspecified atom stereocenters. The van der Waals surface area contributed by atoms with E-state index in [2.05, 4.69) is 42.1 Å². The molecule has 0 aromatic carbocycles. The molecule has 2 aliphatic carbocycles. The summed E-state index contributed by atoms with van der Waals surface area (Å²) in [5.41, 5.74) is 7.44. The summed E-state index contributed by atoms with van der Waals surface area (Å²) in [7, 11) is 0. The van der Waals surface area contributed by atoms with Gasteiger partial charge in [-0.2, -0.15) is 0 Å². The Bertz CT molecular complexity index is 791. The number of rotatable bonds is 1. The van der Waals surface area contributed by atoms with Crippen molar-refractivity contribution in [1.29, 1.82) is 0 Å². The van der Waals surface area contributed by atoms with Gasteiger partial charge in [-0.15, -0.1) is 0 Å². The van der Waals surface area contributed by atoms with Crippen LogP contribution in [-0.2, 0) is 9.47 Å². The Hall–Kier alpha value is -1.000. The van der Waals surface area contributed by atoms with Crippen molar-refractivity contribution >= 4 is 39.6 Å². The highest BCUT2D eigenvalue weighted by molar-refractivity contribution is 14.1. The zero-order chi connectivity index (χ0) is 15.2. The smallest absolute Gasteiger partial charge is 0.194 e. The first kappa shape index (κ1) is 13.4. The maximum Gasteiger partial charge on any atom is 0.194 e. The largest absolute Gasteiger partial charge is 0.382 e. The van der Waals surface area contributed by atoms with Crippen molar-refractivity contribution in [3.8, 4) is 0 Å². The molecule has 8 heteroatoms. The van der Waals surface area contributed by atoms with Crippen LogP contribution in [0.5, 0.6) is 0 Å². The highest BCUT2D eigenvalue weighted by Gasteiger charge is 2.66. The average Bonchev–Trinajstić information content (AvgIpc) is 2.84. The molecule has 0 amide bonds. The molecule has 2 N–H and O–H groups in total. The molecule has 2 aromatic heterocycles. The molecule has 2 aromatic rings. The van der Waals surface area contributed by atoms with Crippen LogP contribution in [0.15, 0.2) is 6.33 Å². The molecule has 116 valence electrons. The predicted molar refractivity (Wildman–Crippen MR) is 86.9 cm³/mol. The normalized spacial score (nSPS) is 38.2. The molecule has 1 aliphatic heterocycles. The minimum absolute atomic E-state index is 0.0602. The molecular weight excluding hydrogens is 397 g/mol. The summed E-state index contributed by atoms with van der Waals surface area (Å²) < 4.78 is 15.0. The van der Waals surface area contributed by atoms with Crippen molar-refractivity contribution in [1.82, 2.24) is 19.5 Å². The highest BCUT2D eigenvalue weighted by atomic mass is 127. The Labute approximate surface area is 140 Å². The Morgan fingerprint density at radius 1 is 1.27 bits per heavy atom. The highest BCUT2D eigenvalue weighted by Crippen LogP contribution is 2.63. The van der Waals surface area contributed by atoms with Gasteiger partial charge in [0.05, 0.1) is 18.5 Å². The lowest BCUT2D eigenvalue weighted by Gasteiger charge is -2.24. The van der Waals surface area contributed by atoms with E-state index in [0.717, 1.165) is 5.65 Å². The number of aromatic nitrogens is 4. The molecule has 0 bridgehead atoms. The van der Waals surface area contributed by atoms with Crippen LogP contribution < -0.4 is 5.73 Å². The first-order valence-electron chi connectivity index (χ1n) is 7.46. The number of halogens is 1. The van der Waals surface area contributed by atoms with E-state index in [-0.39, 0.29) is 18.2 Å². The molecule has 3 fully saturated rings. The molecule has 3 heterocycles. The molecule has 0 spiro atoms. The summed E-state index contributed by atoms with van der Waals surface area (Å²) in [4.78, 5) is 13.1. The van der Waals surface area contributed by atoms with Gasteiger partial charge >= 0.3 is 0 Å². The summed E-state index contributed by atoms with van der Waals surface area (Å²) in [5.74, 6) is 1.09. The van der Waals surface area contributed by atoms with Gasteiger partial charge in [0.1, 0.15) is 11.6 Å². The van der Waals surface area contributed by atoms with Gasteiger partial charge in [-0.05, 0) is 32.1 Å². The number of nitrogens with zero attached hydrogens (tertiary/aromatic N) is 4. The van der Waals surface area contributed by atoms with Crippen LogP contribution in [0.1, 0.15) is 26.3 Å². The molecular formula is C14H16IN5O2. The summed E-state index contributed by atoms with van der Waals surface area (Å²) in [6.45, 7) is 3.96. The fourth-order valence-corrected chi connectivity index (χ4v) is 4.64. The number of ether oxygens (including phenoxy) is 2. The van der Waals surface area contributed by atoms with E-state index in [9.17, 15) is 0 Å². The molecule has 3 aliphatic rings. The van der Waals surface area contributed by atoms with E-state index in [1.54, 1.807) is 0 Å². The van der Waals surface area contributed by atoms with Crippen molar-refractivity contribution in [2.75, 3.05) is 5.73 Å². The van der Waals surface area contributed by atoms with Crippen molar-refractivity contribution in [3.05, 3.63) is 10.2 Å². The van der Waals surface area contributed by atoms with E-state index in [4.69, 9.17) is 15.2 Å². The third-order valence-electron chi connectivity index (χ3n) is 4.99.